The topological polar surface area (TPSA) is 48.0 Å². The number of ether oxygens (including phenoxy) is 3. The van der Waals surface area contributed by atoms with Gasteiger partial charge in [-0.1, -0.05) is 30.3 Å². The molecule has 1 amide bonds. The third-order valence-electron chi connectivity index (χ3n) is 3.96. The Balaban J connectivity index is 1.86. The second-order valence-corrected chi connectivity index (χ2v) is 5.41. The van der Waals surface area contributed by atoms with Crippen molar-refractivity contribution in [3.8, 4) is 0 Å². The molecule has 1 saturated heterocycles. The molecule has 2 rings (SSSR count). The van der Waals surface area contributed by atoms with Gasteiger partial charge in [0.2, 0.25) is 0 Å². The number of methoxy groups -OCH3 is 2. The molecule has 1 fully saturated rings. The maximum absolute atomic E-state index is 12.6. The van der Waals surface area contributed by atoms with E-state index in [-0.39, 0.29) is 12.0 Å². The minimum Gasteiger partial charge on any atom is -0.382 e. The summed E-state index contributed by atoms with van der Waals surface area (Å²) in [6.07, 6.45) is 1.42. The molecular formula is C17H25NO4. The van der Waals surface area contributed by atoms with E-state index in [1.807, 2.05) is 35.2 Å². The summed E-state index contributed by atoms with van der Waals surface area (Å²) in [5, 5.41) is 0. The van der Waals surface area contributed by atoms with Crippen LogP contribution in [0, 0.1) is 0 Å². The highest BCUT2D eigenvalue weighted by Crippen LogP contribution is 2.22. The van der Waals surface area contributed by atoms with Crippen LogP contribution in [0.25, 0.3) is 0 Å². The third kappa shape index (κ3) is 4.53. The van der Waals surface area contributed by atoms with Gasteiger partial charge in [-0.3, -0.25) is 4.79 Å². The summed E-state index contributed by atoms with van der Waals surface area (Å²) < 4.78 is 16.1. The summed E-state index contributed by atoms with van der Waals surface area (Å²) in [4.78, 5) is 14.5. The van der Waals surface area contributed by atoms with E-state index < -0.39 is 6.10 Å². The van der Waals surface area contributed by atoms with E-state index in [4.69, 9.17) is 14.2 Å². The molecule has 22 heavy (non-hydrogen) atoms. The van der Waals surface area contributed by atoms with Crippen molar-refractivity contribution in [1.29, 1.82) is 0 Å². The van der Waals surface area contributed by atoms with Crippen LogP contribution in [0.3, 0.4) is 0 Å². The molecule has 0 saturated carbocycles. The number of rotatable bonds is 7. The lowest BCUT2D eigenvalue weighted by molar-refractivity contribution is -0.145. The number of nitrogens with zero attached hydrogens (tertiary/aromatic N) is 1. The molecular weight excluding hydrogens is 282 g/mol. The van der Waals surface area contributed by atoms with Gasteiger partial charge in [-0.05, 0) is 18.4 Å². The summed E-state index contributed by atoms with van der Waals surface area (Å²) in [5.74, 6) is 0.0315. The maximum atomic E-state index is 12.6. The van der Waals surface area contributed by atoms with Gasteiger partial charge in [0.05, 0.1) is 19.3 Å². The first-order valence-corrected chi connectivity index (χ1v) is 7.73. The molecule has 1 aromatic carbocycles. The Morgan fingerprint density at radius 3 is 2.45 bits per heavy atom. The number of amides is 1. The van der Waals surface area contributed by atoms with Gasteiger partial charge in [-0.25, -0.2) is 0 Å². The molecule has 1 aromatic rings. The highest BCUT2D eigenvalue weighted by molar-refractivity contribution is 5.82. The number of carbonyl (C=O) groups excluding carboxylic acids is 1. The fourth-order valence-electron chi connectivity index (χ4n) is 2.71. The summed E-state index contributed by atoms with van der Waals surface area (Å²) in [6, 6.07) is 9.62. The molecule has 122 valence electrons. The number of benzene rings is 1. The maximum Gasteiger partial charge on any atom is 0.256 e. The first kappa shape index (κ1) is 16.9. The molecule has 1 heterocycles. The minimum absolute atomic E-state index is 0.0315. The van der Waals surface area contributed by atoms with Crippen molar-refractivity contribution in [3.63, 3.8) is 0 Å². The van der Waals surface area contributed by atoms with E-state index in [2.05, 4.69) is 0 Å². The van der Waals surface area contributed by atoms with Crippen LogP contribution in [0.2, 0.25) is 0 Å². The van der Waals surface area contributed by atoms with E-state index in [0.29, 0.717) is 26.3 Å². The molecule has 0 aromatic heterocycles. The van der Waals surface area contributed by atoms with E-state index in [0.717, 1.165) is 18.4 Å². The van der Waals surface area contributed by atoms with Crippen LogP contribution in [-0.4, -0.2) is 57.4 Å². The molecule has 0 aliphatic carbocycles. The van der Waals surface area contributed by atoms with Gasteiger partial charge >= 0.3 is 0 Å². The van der Waals surface area contributed by atoms with Gasteiger partial charge in [0.15, 0.2) is 6.10 Å². The lowest BCUT2D eigenvalue weighted by atomic mass is 10.0. The van der Waals surface area contributed by atoms with Crippen LogP contribution in [-0.2, 0) is 19.0 Å². The van der Waals surface area contributed by atoms with E-state index in [1.165, 1.54) is 0 Å². The SMILES string of the molecule is COCCOC1CCN(C(=O)C(OC)c2ccccc2)CC1. The quantitative estimate of drug-likeness (QED) is 0.723. The van der Waals surface area contributed by atoms with Crippen molar-refractivity contribution >= 4 is 5.91 Å². The largest absolute Gasteiger partial charge is 0.382 e. The Morgan fingerprint density at radius 1 is 1.18 bits per heavy atom. The normalized spacial score (nSPS) is 17.5. The van der Waals surface area contributed by atoms with Crippen LogP contribution in [0.1, 0.15) is 24.5 Å². The Hall–Kier alpha value is -1.43. The minimum atomic E-state index is -0.521. The van der Waals surface area contributed by atoms with Gasteiger partial charge in [-0.15, -0.1) is 0 Å². The summed E-state index contributed by atoms with van der Waals surface area (Å²) in [6.45, 7) is 2.64. The predicted molar refractivity (Wildman–Crippen MR) is 83.6 cm³/mol. The number of likely N-dealkylation sites (tertiary alicyclic amines) is 1. The van der Waals surface area contributed by atoms with Gasteiger partial charge in [0, 0.05) is 27.3 Å². The monoisotopic (exact) mass is 307 g/mol. The highest BCUT2D eigenvalue weighted by Gasteiger charge is 2.29. The van der Waals surface area contributed by atoms with Gasteiger partial charge in [-0.2, -0.15) is 0 Å². The van der Waals surface area contributed by atoms with Gasteiger partial charge in [0.1, 0.15) is 0 Å². The molecule has 0 spiro atoms. The van der Waals surface area contributed by atoms with Crippen LogP contribution in [0.4, 0.5) is 0 Å². The van der Waals surface area contributed by atoms with Crippen molar-refractivity contribution in [1.82, 2.24) is 4.90 Å². The zero-order valence-corrected chi connectivity index (χ0v) is 13.4. The van der Waals surface area contributed by atoms with Crippen molar-refractivity contribution in [2.75, 3.05) is 40.5 Å². The average molecular weight is 307 g/mol. The van der Waals surface area contributed by atoms with Crippen molar-refractivity contribution in [3.05, 3.63) is 35.9 Å². The molecule has 5 nitrogen and oxygen atoms in total. The van der Waals surface area contributed by atoms with Crippen LogP contribution in [0.15, 0.2) is 30.3 Å². The zero-order valence-electron chi connectivity index (χ0n) is 13.4. The molecule has 1 aliphatic rings. The molecule has 1 unspecified atom stereocenters. The van der Waals surface area contributed by atoms with Gasteiger partial charge < -0.3 is 19.1 Å². The number of hydrogen-bond donors (Lipinski definition) is 0. The zero-order chi connectivity index (χ0) is 15.8. The van der Waals surface area contributed by atoms with Crippen molar-refractivity contribution in [2.45, 2.75) is 25.0 Å². The Morgan fingerprint density at radius 2 is 1.86 bits per heavy atom. The standard InChI is InChI=1S/C17H25NO4/c1-20-12-13-22-15-8-10-18(11-9-15)17(19)16(21-2)14-6-4-3-5-7-14/h3-7,15-16H,8-13H2,1-2H3. The highest BCUT2D eigenvalue weighted by atomic mass is 16.5. The Kier molecular flexibility index (Phi) is 6.83. The summed E-state index contributed by atoms with van der Waals surface area (Å²) in [7, 11) is 3.25. The summed E-state index contributed by atoms with van der Waals surface area (Å²) >= 11 is 0. The first-order valence-electron chi connectivity index (χ1n) is 7.73. The molecule has 1 atom stereocenters. The lowest BCUT2D eigenvalue weighted by Crippen LogP contribution is -2.43. The number of piperidine rings is 1. The molecule has 0 radical (unpaired) electrons. The van der Waals surface area contributed by atoms with E-state index in [1.54, 1.807) is 14.2 Å². The summed E-state index contributed by atoms with van der Waals surface area (Å²) in [5.41, 5.74) is 0.897. The first-order chi connectivity index (χ1) is 10.8. The molecule has 5 heteroatoms. The molecule has 0 bridgehead atoms. The second-order valence-electron chi connectivity index (χ2n) is 5.41. The van der Waals surface area contributed by atoms with Crippen molar-refractivity contribution < 1.29 is 19.0 Å². The van der Waals surface area contributed by atoms with E-state index in [9.17, 15) is 4.79 Å². The molecule has 1 aliphatic heterocycles. The second kappa shape index (κ2) is 8.88. The van der Waals surface area contributed by atoms with Gasteiger partial charge in [0.25, 0.3) is 5.91 Å². The van der Waals surface area contributed by atoms with Crippen LogP contribution >= 0.6 is 0 Å². The predicted octanol–water partition coefficient (Wildman–Crippen LogP) is 2.03. The van der Waals surface area contributed by atoms with E-state index >= 15 is 0 Å². The number of hydrogen-bond acceptors (Lipinski definition) is 4. The fraction of sp³-hybridized carbons (Fsp3) is 0.588. The Bertz CT molecular complexity index is 443. The molecule has 0 N–H and O–H groups in total. The number of carbonyl (C=O) groups is 1. The van der Waals surface area contributed by atoms with Crippen molar-refractivity contribution in [2.24, 2.45) is 0 Å². The Labute approximate surface area is 132 Å². The van der Waals surface area contributed by atoms with Crippen LogP contribution < -0.4 is 0 Å². The lowest BCUT2D eigenvalue weighted by Gasteiger charge is -2.33. The fourth-order valence-corrected chi connectivity index (χ4v) is 2.71. The van der Waals surface area contributed by atoms with Crippen LogP contribution in [0.5, 0.6) is 0 Å². The third-order valence-corrected chi connectivity index (χ3v) is 3.96. The average Bonchev–Trinajstić information content (AvgIpc) is 2.57. The smallest absolute Gasteiger partial charge is 0.256 e.